The summed E-state index contributed by atoms with van der Waals surface area (Å²) < 4.78 is 22.5. The fourth-order valence-electron chi connectivity index (χ4n) is 7.95. The van der Waals surface area contributed by atoms with Crippen LogP contribution < -0.4 is 26.4 Å². The summed E-state index contributed by atoms with van der Waals surface area (Å²) in [7, 11) is 1.97. The van der Waals surface area contributed by atoms with Crippen molar-refractivity contribution in [3.05, 3.63) is 45.9 Å². The first-order chi connectivity index (χ1) is 31.6. The van der Waals surface area contributed by atoms with Gasteiger partial charge in [-0.15, -0.1) is 11.3 Å². The van der Waals surface area contributed by atoms with E-state index in [0.717, 1.165) is 50.6 Å². The van der Waals surface area contributed by atoms with Crippen LogP contribution in [0.15, 0.2) is 29.6 Å². The van der Waals surface area contributed by atoms with E-state index in [4.69, 9.17) is 29.7 Å². The average molecular weight is 946 g/mol. The van der Waals surface area contributed by atoms with E-state index in [0.29, 0.717) is 63.1 Å². The number of hydrogen-bond donors (Lipinski definition) is 5. The van der Waals surface area contributed by atoms with Gasteiger partial charge in [-0.2, -0.15) is 0 Å². The van der Waals surface area contributed by atoms with Crippen LogP contribution >= 0.6 is 11.3 Å². The molecule has 1 aromatic carbocycles. The maximum atomic E-state index is 14.7. The Balaban J connectivity index is 1.75. The fourth-order valence-corrected chi connectivity index (χ4v) is 8.81. The van der Waals surface area contributed by atoms with E-state index in [9.17, 15) is 29.1 Å². The van der Waals surface area contributed by atoms with Gasteiger partial charge in [0.15, 0.2) is 0 Å². The Kier molecular flexibility index (Phi) is 25.7. The fraction of sp³-hybridized carbons (Fsp3) is 0.708. The van der Waals surface area contributed by atoms with E-state index in [1.807, 2.05) is 39.6 Å². The van der Waals surface area contributed by atoms with Crippen molar-refractivity contribution in [1.82, 2.24) is 30.7 Å². The number of aliphatic carboxylic acids is 1. The molecule has 0 unspecified atom stereocenters. The number of nitrogens with zero attached hydrogens (tertiary/aromatic N) is 3. The minimum absolute atomic E-state index is 0.0339. The zero-order chi connectivity index (χ0) is 48.6. The molecule has 0 bridgehead atoms. The van der Waals surface area contributed by atoms with Crippen molar-refractivity contribution >= 4 is 41.1 Å². The number of carbonyl (C=O) groups is 5. The van der Waals surface area contributed by atoms with Crippen molar-refractivity contribution in [1.29, 1.82) is 0 Å². The van der Waals surface area contributed by atoms with Crippen molar-refractivity contribution in [2.24, 2.45) is 23.5 Å². The number of amides is 4. The number of aromatic nitrogens is 1. The first-order valence-corrected chi connectivity index (χ1v) is 24.8. The van der Waals surface area contributed by atoms with Gasteiger partial charge in [0.2, 0.25) is 11.8 Å². The van der Waals surface area contributed by atoms with Crippen molar-refractivity contribution in [2.75, 3.05) is 66.3 Å². The molecular weight excluding hydrogens is 867 g/mol. The van der Waals surface area contributed by atoms with Gasteiger partial charge in [-0.05, 0) is 81.6 Å². The third-order valence-corrected chi connectivity index (χ3v) is 12.9. The van der Waals surface area contributed by atoms with Gasteiger partial charge in [-0.3, -0.25) is 24.1 Å². The lowest BCUT2D eigenvalue weighted by atomic mass is 9.92. The lowest BCUT2D eigenvalue weighted by Crippen LogP contribution is -2.58. The number of ether oxygens (including phenoxy) is 4. The second-order valence-corrected chi connectivity index (χ2v) is 18.6. The SMILES string of the molecule is CCCO[C@H](C[C@H](C(C)C)N(CCC)C(=O)[C@@H](NC(=O)[C@H]1CCCCN1C)[C@@H](C)CC)c1nc(C(=O)N[C@@H](Cc2ccc(OC(=O)NCCOCCOCCN)cc2)C[C@H](C)C(=O)O)cs1. The monoisotopic (exact) mass is 946 g/mol. The quantitative estimate of drug-likeness (QED) is 0.0564. The van der Waals surface area contributed by atoms with Gasteiger partial charge in [0, 0.05) is 50.1 Å². The Morgan fingerprint density at radius 1 is 0.939 bits per heavy atom. The highest BCUT2D eigenvalue weighted by Gasteiger charge is 2.38. The highest BCUT2D eigenvalue weighted by Crippen LogP contribution is 2.32. The number of likely N-dealkylation sites (N-methyl/N-ethyl adjacent to an activating group) is 1. The van der Waals surface area contributed by atoms with Crippen LogP contribution in [0.4, 0.5) is 4.79 Å². The van der Waals surface area contributed by atoms with E-state index < -0.39 is 42.1 Å². The van der Waals surface area contributed by atoms with Gasteiger partial charge in [0.25, 0.3) is 5.91 Å². The Hall–Kier alpha value is -4.20. The average Bonchev–Trinajstić information content (AvgIpc) is 3.79. The Bertz CT molecular complexity index is 1760. The number of rotatable bonds is 31. The molecular formula is C48H79N7O10S. The Morgan fingerprint density at radius 3 is 2.27 bits per heavy atom. The summed E-state index contributed by atoms with van der Waals surface area (Å²) >= 11 is 1.31. The molecule has 66 heavy (non-hydrogen) atoms. The number of nitrogens with two attached hydrogens (primary N) is 1. The number of carboxylic acid groups (broad SMARTS) is 1. The minimum Gasteiger partial charge on any atom is -0.481 e. The molecule has 1 aliphatic heterocycles. The smallest absolute Gasteiger partial charge is 0.412 e. The standard InChI is InChI=1S/C48H79N7O10S/c1-9-21-55(46(58)42(33(6)11-3)53-44(57)39-14-12-13-22-54(39)8)40(32(4)5)30-41(64-23-10-2)45-52-38(31-66-45)43(56)51-36(28-34(7)47(59)60)29-35-15-17-37(18-16-35)65-48(61)50-20-25-63-27-26-62-24-19-49/h15-18,31-34,36,39-42H,9-14,19-30,49H2,1-8H3,(H,50,61)(H,51,56)(H,53,57)(H,59,60)/t33-,34-,36+,39+,40+,41+,42-/m0/s1. The van der Waals surface area contributed by atoms with Gasteiger partial charge in [0.05, 0.1) is 38.4 Å². The molecule has 372 valence electrons. The second kappa shape index (κ2) is 30.2. The van der Waals surface area contributed by atoms with Gasteiger partial charge >= 0.3 is 12.1 Å². The van der Waals surface area contributed by atoms with Crippen molar-refractivity contribution < 1.29 is 48.0 Å². The zero-order valence-electron chi connectivity index (χ0n) is 40.7. The van der Waals surface area contributed by atoms with Crippen molar-refractivity contribution in [3.63, 3.8) is 0 Å². The molecule has 1 saturated heterocycles. The van der Waals surface area contributed by atoms with Gasteiger partial charge in [-0.1, -0.05) is 73.4 Å². The number of hydrogen-bond acceptors (Lipinski definition) is 13. The predicted octanol–water partition coefficient (Wildman–Crippen LogP) is 5.81. The number of thiazole rings is 1. The molecule has 6 N–H and O–H groups in total. The van der Waals surface area contributed by atoms with Crippen molar-refractivity contribution in [3.8, 4) is 5.75 Å². The third-order valence-electron chi connectivity index (χ3n) is 11.9. The lowest BCUT2D eigenvalue weighted by Gasteiger charge is -2.40. The van der Waals surface area contributed by atoms with E-state index >= 15 is 0 Å². The van der Waals surface area contributed by atoms with Crippen LogP contribution in [0.3, 0.4) is 0 Å². The van der Waals surface area contributed by atoms with Crippen LogP contribution in [0.1, 0.15) is 127 Å². The first-order valence-electron chi connectivity index (χ1n) is 24.0. The number of piperidine rings is 1. The molecule has 2 aromatic rings. The number of carbonyl (C=O) groups excluding carboxylic acids is 4. The molecule has 4 amide bonds. The second-order valence-electron chi connectivity index (χ2n) is 17.7. The molecule has 1 aromatic heterocycles. The van der Waals surface area contributed by atoms with E-state index in [-0.39, 0.29) is 61.0 Å². The van der Waals surface area contributed by atoms with E-state index in [1.54, 1.807) is 36.6 Å². The lowest BCUT2D eigenvalue weighted by molar-refractivity contribution is -0.143. The molecule has 17 nitrogen and oxygen atoms in total. The molecule has 0 saturated carbocycles. The zero-order valence-corrected chi connectivity index (χ0v) is 41.5. The maximum Gasteiger partial charge on any atom is 0.412 e. The topological polar surface area (TPSA) is 224 Å². The van der Waals surface area contributed by atoms with Crippen LogP contribution in [-0.2, 0) is 35.0 Å². The van der Waals surface area contributed by atoms with Crippen LogP contribution in [0.5, 0.6) is 5.75 Å². The van der Waals surface area contributed by atoms with Crippen LogP contribution in [-0.4, -0.2) is 140 Å². The number of carboxylic acids is 1. The molecule has 0 spiro atoms. The third kappa shape index (κ3) is 18.8. The highest BCUT2D eigenvalue weighted by molar-refractivity contribution is 7.09. The summed E-state index contributed by atoms with van der Waals surface area (Å²) in [5.74, 6) is -2.11. The van der Waals surface area contributed by atoms with Crippen LogP contribution in [0, 0.1) is 17.8 Å². The van der Waals surface area contributed by atoms with E-state index in [1.165, 1.54) is 11.3 Å². The van der Waals surface area contributed by atoms with Gasteiger partial charge in [0.1, 0.15) is 28.6 Å². The molecule has 3 rings (SSSR count). The molecule has 0 aliphatic carbocycles. The van der Waals surface area contributed by atoms with Crippen LogP contribution in [0.25, 0.3) is 0 Å². The van der Waals surface area contributed by atoms with Crippen LogP contribution in [0.2, 0.25) is 0 Å². The van der Waals surface area contributed by atoms with Gasteiger partial charge in [-0.25, -0.2) is 9.78 Å². The maximum absolute atomic E-state index is 14.7. The summed E-state index contributed by atoms with van der Waals surface area (Å²) in [5.41, 5.74) is 6.37. The largest absolute Gasteiger partial charge is 0.481 e. The number of benzene rings is 1. The molecule has 7 atom stereocenters. The Labute approximate surface area is 396 Å². The summed E-state index contributed by atoms with van der Waals surface area (Å²) in [6.07, 6.45) is 4.75. The summed E-state index contributed by atoms with van der Waals surface area (Å²) in [5, 5.41) is 20.9. The number of nitrogens with one attached hydrogen (secondary N) is 3. The van der Waals surface area contributed by atoms with Crippen molar-refractivity contribution in [2.45, 2.75) is 137 Å². The normalized spacial score (nSPS) is 17.0. The van der Waals surface area contributed by atoms with Gasteiger partial charge < -0.3 is 50.6 Å². The summed E-state index contributed by atoms with van der Waals surface area (Å²) in [6.45, 7) is 17.9. The molecule has 1 fully saturated rings. The molecule has 18 heteroatoms. The molecule has 1 aliphatic rings. The van der Waals surface area contributed by atoms with E-state index in [2.05, 4.69) is 34.7 Å². The summed E-state index contributed by atoms with van der Waals surface area (Å²) in [4.78, 5) is 75.3. The highest BCUT2D eigenvalue weighted by atomic mass is 32.1. The minimum atomic E-state index is -0.980. The molecule has 2 heterocycles. The Morgan fingerprint density at radius 2 is 1.65 bits per heavy atom. The predicted molar refractivity (Wildman–Crippen MR) is 256 cm³/mol. The summed E-state index contributed by atoms with van der Waals surface area (Å²) in [6, 6.07) is 5.04. The number of likely N-dealkylation sites (tertiary alicyclic amines) is 1. The first kappa shape index (κ1) is 56.1. The molecule has 0 radical (unpaired) electrons.